The fourth-order valence-electron chi connectivity index (χ4n) is 3.53. The van der Waals surface area contributed by atoms with Crippen LogP contribution in [0.15, 0.2) is 72.9 Å². The molecule has 2 N–H and O–H groups in total. The number of amides is 1. The maximum absolute atomic E-state index is 12.9. The highest BCUT2D eigenvalue weighted by Crippen LogP contribution is 2.29. The average molecular weight is 361 g/mol. The lowest BCUT2D eigenvalue weighted by molar-refractivity contribution is -0.119. The van der Waals surface area contributed by atoms with Gasteiger partial charge >= 0.3 is 0 Å². The number of aromatic nitrogens is 1. The summed E-state index contributed by atoms with van der Waals surface area (Å²) in [5, 5.41) is 6.34. The molecular formula is C22H20FN3O. The van der Waals surface area contributed by atoms with Crippen molar-refractivity contribution in [3.63, 3.8) is 0 Å². The van der Waals surface area contributed by atoms with Gasteiger partial charge in [0, 0.05) is 36.5 Å². The van der Waals surface area contributed by atoms with Crippen LogP contribution in [0.25, 0.3) is 11.1 Å². The molecule has 0 spiro atoms. The molecule has 0 saturated carbocycles. The highest BCUT2D eigenvalue weighted by molar-refractivity contribution is 5.93. The summed E-state index contributed by atoms with van der Waals surface area (Å²) in [7, 11) is 0. The number of nitrogens with one attached hydrogen (secondary N) is 2. The van der Waals surface area contributed by atoms with Crippen molar-refractivity contribution in [2.75, 3.05) is 18.4 Å². The molecule has 1 fully saturated rings. The molecule has 0 unspecified atom stereocenters. The summed E-state index contributed by atoms with van der Waals surface area (Å²) in [6.07, 6.45) is 1.50. The van der Waals surface area contributed by atoms with E-state index in [2.05, 4.69) is 27.8 Å². The maximum Gasteiger partial charge on any atom is 0.229 e. The van der Waals surface area contributed by atoms with E-state index in [1.54, 1.807) is 6.07 Å². The smallest absolute Gasteiger partial charge is 0.229 e. The Bertz CT molecular complexity index is 911. The number of carbonyl (C=O) groups is 1. The summed E-state index contributed by atoms with van der Waals surface area (Å²) in [6.45, 7) is 1.48. The van der Waals surface area contributed by atoms with Crippen molar-refractivity contribution in [1.29, 1.82) is 0 Å². The Hall–Kier alpha value is -3.05. The molecule has 2 aromatic carbocycles. The van der Waals surface area contributed by atoms with E-state index in [9.17, 15) is 9.18 Å². The lowest BCUT2D eigenvalue weighted by atomic mass is 9.88. The first-order valence-electron chi connectivity index (χ1n) is 8.99. The molecule has 0 radical (unpaired) electrons. The van der Waals surface area contributed by atoms with E-state index in [1.165, 1.54) is 17.8 Å². The highest BCUT2D eigenvalue weighted by Gasteiger charge is 2.33. The largest absolute Gasteiger partial charge is 0.326 e. The van der Waals surface area contributed by atoms with Gasteiger partial charge in [-0.1, -0.05) is 42.5 Å². The van der Waals surface area contributed by atoms with Gasteiger partial charge in [-0.05, 0) is 35.4 Å². The molecule has 1 aliphatic heterocycles. The van der Waals surface area contributed by atoms with Crippen molar-refractivity contribution in [3.05, 3.63) is 84.4 Å². The van der Waals surface area contributed by atoms with Gasteiger partial charge in [-0.15, -0.1) is 0 Å². The van der Waals surface area contributed by atoms with Crippen LogP contribution in [0.5, 0.6) is 0 Å². The van der Waals surface area contributed by atoms with Crippen molar-refractivity contribution in [1.82, 2.24) is 10.3 Å². The number of benzene rings is 2. The summed E-state index contributed by atoms with van der Waals surface area (Å²) in [4.78, 5) is 16.5. The molecule has 4 rings (SSSR count). The van der Waals surface area contributed by atoms with E-state index in [-0.39, 0.29) is 17.7 Å². The van der Waals surface area contributed by atoms with Crippen molar-refractivity contribution in [2.24, 2.45) is 5.92 Å². The average Bonchev–Trinajstić information content (AvgIpc) is 3.20. The van der Waals surface area contributed by atoms with Crippen LogP contribution >= 0.6 is 0 Å². The zero-order valence-corrected chi connectivity index (χ0v) is 14.7. The molecule has 5 heteroatoms. The Morgan fingerprint density at radius 1 is 0.963 bits per heavy atom. The Balaban J connectivity index is 1.45. The first-order chi connectivity index (χ1) is 13.2. The molecule has 1 saturated heterocycles. The molecule has 1 aromatic heterocycles. The quantitative estimate of drug-likeness (QED) is 0.695. The molecule has 1 aliphatic rings. The van der Waals surface area contributed by atoms with Crippen LogP contribution in [0.4, 0.5) is 10.1 Å². The van der Waals surface area contributed by atoms with Gasteiger partial charge in [0.15, 0.2) is 0 Å². The zero-order chi connectivity index (χ0) is 18.6. The second kappa shape index (κ2) is 7.68. The van der Waals surface area contributed by atoms with Gasteiger partial charge in [0.25, 0.3) is 0 Å². The standard InChI is InChI=1S/C22H20FN3O/c23-21-11-8-17(12-25-21)15-6-9-18(10-7-15)26-22(27)20-14-24-13-19(20)16-4-2-1-3-5-16/h1-12,19-20,24H,13-14H2,(H,26,27)/t19-,20+/m0/s1. The van der Waals surface area contributed by atoms with Gasteiger partial charge in [0.1, 0.15) is 0 Å². The van der Waals surface area contributed by atoms with Crippen LogP contribution < -0.4 is 10.6 Å². The second-order valence-electron chi connectivity index (χ2n) is 6.72. The van der Waals surface area contributed by atoms with E-state index in [0.717, 1.165) is 23.4 Å². The van der Waals surface area contributed by atoms with Crippen LogP contribution in [0, 0.1) is 11.9 Å². The molecule has 1 amide bonds. The monoisotopic (exact) mass is 361 g/mol. The Morgan fingerprint density at radius 3 is 2.41 bits per heavy atom. The molecular weight excluding hydrogens is 341 g/mol. The van der Waals surface area contributed by atoms with Crippen LogP contribution in [0.3, 0.4) is 0 Å². The fourth-order valence-corrected chi connectivity index (χ4v) is 3.53. The van der Waals surface area contributed by atoms with E-state index in [0.29, 0.717) is 6.54 Å². The molecule has 3 aromatic rings. The second-order valence-corrected chi connectivity index (χ2v) is 6.72. The molecule has 27 heavy (non-hydrogen) atoms. The van der Waals surface area contributed by atoms with Gasteiger partial charge in [-0.3, -0.25) is 4.79 Å². The van der Waals surface area contributed by atoms with E-state index >= 15 is 0 Å². The molecule has 4 nitrogen and oxygen atoms in total. The van der Waals surface area contributed by atoms with Crippen molar-refractivity contribution in [2.45, 2.75) is 5.92 Å². The van der Waals surface area contributed by atoms with E-state index in [1.807, 2.05) is 42.5 Å². The number of anilines is 1. The Morgan fingerprint density at radius 2 is 1.70 bits per heavy atom. The minimum Gasteiger partial charge on any atom is -0.326 e. The number of hydrogen-bond acceptors (Lipinski definition) is 3. The summed E-state index contributed by atoms with van der Waals surface area (Å²) in [6, 6.07) is 20.7. The number of rotatable bonds is 4. The van der Waals surface area contributed by atoms with Crippen LogP contribution in [-0.2, 0) is 4.79 Å². The zero-order valence-electron chi connectivity index (χ0n) is 14.7. The maximum atomic E-state index is 12.9. The third-order valence-electron chi connectivity index (χ3n) is 4.99. The fraction of sp³-hybridized carbons (Fsp3) is 0.182. The van der Waals surface area contributed by atoms with Crippen LogP contribution in [-0.4, -0.2) is 24.0 Å². The molecule has 136 valence electrons. The normalized spacial score (nSPS) is 19.0. The SMILES string of the molecule is O=C(Nc1ccc(-c2ccc(F)nc2)cc1)[C@@H]1CNC[C@H]1c1ccccc1. The molecule has 0 bridgehead atoms. The first-order valence-corrected chi connectivity index (χ1v) is 8.99. The minimum absolute atomic E-state index is 0.0186. The van der Waals surface area contributed by atoms with Gasteiger partial charge in [0.05, 0.1) is 5.92 Å². The molecule has 2 heterocycles. The van der Waals surface area contributed by atoms with Crippen molar-refractivity contribution < 1.29 is 9.18 Å². The lowest BCUT2D eigenvalue weighted by Crippen LogP contribution is -2.28. The third kappa shape index (κ3) is 3.88. The highest BCUT2D eigenvalue weighted by atomic mass is 19.1. The number of halogens is 1. The summed E-state index contributed by atoms with van der Waals surface area (Å²) < 4.78 is 12.9. The van der Waals surface area contributed by atoms with Crippen LogP contribution in [0.2, 0.25) is 0 Å². The number of nitrogens with zero attached hydrogens (tertiary/aromatic N) is 1. The van der Waals surface area contributed by atoms with E-state index in [4.69, 9.17) is 0 Å². The molecule has 0 aliphatic carbocycles. The van der Waals surface area contributed by atoms with Gasteiger partial charge in [-0.25, -0.2) is 4.98 Å². The topological polar surface area (TPSA) is 54.0 Å². The van der Waals surface area contributed by atoms with Crippen molar-refractivity contribution >= 4 is 11.6 Å². The third-order valence-corrected chi connectivity index (χ3v) is 4.99. The predicted molar refractivity (Wildman–Crippen MR) is 104 cm³/mol. The van der Waals surface area contributed by atoms with Gasteiger partial charge < -0.3 is 10.6 Å². The van der Waals surface area contributed by atoms with Gasteiger partial charge in [0.2, 0.25) is 11.9 Å². The van der Waals surface area contributed by atoms with Crippen molar-refractivity contribution in [3.8, 4) is 11.1 Å². The summed E-state index contributed by atoms with van der Waals surface area (Å²) in [5.41, 5.74) is 3.68. The Labute approximate surface area is 157 Å². The first kappa shape index (κ1) is 17.4. The van der Waals surface area contributed by atoms with E-state index < -0.39 is 5.95 Å². The predicted octanol–water partition coefficient (Wildman–Crippen LogP) is 3.83. The molecule has 2 atom stereocenters. The Kier molecular flexibility index (Phi) is 4.94. The lowest BCUT2D eigenvalue weighted by Gasteiger charge is -2.18. The summed E-state index contributed by atoms with van der Waals surface area (Å²) in [5.74, 6) is -0.407. The minimum atomic E-state index is -0.499. The number of hydrogen-bond donors (Lipinski definition) is 2. The number of carbonyl (C=O) groups excluding carboxylic acids is 1. The van der Waals surface area contributed by atoms with Crippen LogP contribution in [0.1, 0.15) is 11.5 Å². The number of pyridine rings is 1. The summed E-state index contributed by atoms with van der Waals surface area (Å²) >= 11 is 0. The van der Waals surface area contributed by atoms with Gasteiger partial charge in [-0.2, -0.15) is 4.39 Å².